The standard InChI is InChI=1S/C30H26FN7O2/c1-30(2,3)29(39)35-20-8-17(13-32-15-20)18-10-24-26(37-38-28(24)34-14-18)25-12-23-22(5-6-33-27(23)36-25)16-7-19(31)11-21(9-16)40-4/h5-15H,1-4H3,(H,33,36)(H,35,39)(H,34,37,38). The van der Waals surface area contributed by atoms with E-state index in [-0.39, 0.29) is 11.7 Å². The van der Waals surface area contributed by atoms with E-state index in [0.717, 1.165) is 33.2 Å². The van der Waals surface area contributed by atoms with E-state index in [4.69, 9.17) is 4.74 Å². The smallest absolute Gasteiger partial charge is 0.229 e. The van der Waals surface area contributed by atoms with Crippen LogP contribution in [0, 0.1) is 11.2 Å². The van der Waals surface area contributed by atoms with Crippen LogP contribution < -0.4 is 10.1 Å². The summed E-state index contributed by atoms with van der Waals surface area (Å²) in [6.45, 7) is 5.57. The van der Waals surface area contributed by atoms with Gasteiger partial charge in [-0.1, -0.05) is 20.8 Å². The highest BCUT2D eigenvalue weighted by Gasteiger charge is 2.21. The lowest BCUT2D eigenvalue weighted by Crippen LogP contribution is -2.27. The molecule has 1 aromatic carbocycles. The first-order chi connectivity index (χ1) is 19.2. The van der Waals surface area contributed by atoms with Gasteiger partial charge in [-0.05, 0) is 47.5 Å². The number of nitrogens with one attached hydrogen (secondary N) is 3. The number of hydrogen-bond acceptors (Lipinski definition) is 6. The summed E-state index contributed by atoms with van der Waals surface area (Å²) >= 11 is 0. The van der Waals surface area contributed by atoms with Gasteiger partial charge in [-0.25, -0.2) is 14.4 Å². The number of halogens is 1. The second kappa shape index (κ2) is 9.57. The van der Waals surface area contributed by atoms with Gasteiger partial charge >= 0.3 is 0 Å². The van der Waals surface area contributed by atoms with Crippen molar-refractivity contribution in [2.45, 2.75) is 20.8 Å². The monoisotopic (exact) mass is 535 g/mol. The second-order valence-electron chi connectivity index (χ2n) is 10.5. The van der Waals surface area contributed by atoms with Crippen LogP contribution in [0.15, 0.2) is 67.3 Å². The molecular weight excluding hydrogens is 509 g/mol. The molecule has 5 heterocycles. The van der Waals surface area contributed by atoms with Crippen molar-refractivity contribution in [2.75, 3.05) is 12.4 Å². The van der Waals surface area contributed by atoms with Crippen LogP contribution in [0.1, 0.15) is 20.8 Å². The summed E-state index contributed by atoms with van der Waals surface area (Å²) in [5, 5.41) is 12.0. The first kappa shape index (κ1) is 25.2. The number of aromatic nitrogens is 6. The lowest BCUT2D eigenvalue weighted by Gasteiger charge is -2.17. The number of carbonyl (C=O) groups is 1. The van der Waals surface area contributed by atoms with Crippen LogP contribution in [0.2, 0.25) is 0 Å². The van der Waals surface area contributed by atoms with E-state index in [1.807, 2.05) is 45.0 Å². The molecule has 5 aromatic heterocycles. The second-order valence-corrected chi connectivity index (χ2v) is 10.5. The molecule has 0 aliphatic rings. The first-order valence-electron chi connectivity index (χ1n) is 12.6. The summed E-state index contributed by atoms with van der Waals surface area (Å²) in [5.41, 5.74) is 5.83. The third-order valence-corrected chi connectivity index (χ3v) is 6.63. The molecule has 1 amide bonds. The SMILES string of the molecule is COc1cc(F)cc(-c2ccnc3[nH]c(-c4n[nH]c5ncc(-c6cncc(NC(=O)C(C)(C)C)c6)cc45)cc23)c1. The minimum absolute atomic E-state index is 0.0966. The molecule has 0 spiro atoms. The molecule has 0 fully saturated rings. The molecule has 0 radical (unpaired) electrons. The molecule has 40 heavy (non-hydrogen) atoms. The molecule has 200 valence electrons. The number of rotatable bonds is 5. The number of methoxy groups -OCH3 is 1. The Kier molecular flexibility index (Phi) is 6.02. The van der Waals surface area contributed by atoms with Crippen LogP contribution in [0.3, 0.4) is 0 Å². The fourth-order valence-electron chi connectivity index (χ4n) is 4.49. The third kappa shape index (κ3) is 4.64. The molecule has 3 N–H and O–H groups in total. The van der Waals surface area contributed by atoms with Crippen LogP contribution >= 0.6 is 0 Å². The van der Waals surface area contributed by atoms with Gasteiger partial charge < -0.3 is 15.0 Å². The van der Waals surface area contributed by atoms with E-state index in [1.165, 1.54) is 19.2 Å². The Morgan fingerprint density at radius 3 is 2.55 bits per heavy atom. The Morgan fingerprint density at radius 1 is 0.925 bits per heavy atom. The van der Waals surface area contributed by atoms with Crippen LogP contribution in [-0.2, 0) is 4.79 Å². The summed E-state index contributed by atoms with van der Waals surface area (Å²) in [7, 11) is 1.51. The van der Waals surface area contributed by atoms with E-state index in [9.17, 15) is 9.18 Å². The van der Waals surface area contributed by atoms with Crippen molar-refractivity contribution in [1.29, 1.82) is 0 Å². The lowest BCUT2D eigenvalue weighted by molar-refractivity contribution is -0.123. The summed E-state index contributed by atoms with van der Waals surface area (Å²) in [5.74, 6) is -0.0479. The Hall–Kier alpha value is -5.12. The van der Waals surface area contributed by atoms with Crippen LogP contribution in [0.25, 0.3) is 55.7 Å². The summed E-state index contributed by atoms with van der Waals surface area (Å²) < 4.78 is 19.5. The van der Waals surface area contributed by atoms with E-state index < -0.39 is 5.41 Å². The van der Waals surface area contributed by atoms with E-state index in [0.29, 0.717) is 34.0 Å². The molecule has 6 rings (SSSR count). The largest absolute Gasteiger partial charge is 0.497 e. The van der Waals surface area contributed by atoms with Gasteiger partial charge in [0.05, 0.1) is 24.7 Å². The molecule has 0 saturated carbocycles. The van der Waals surface area contributed by atoms with Crippen molar-refractivity contribution in [2.24, 2.45) is 5.41 Å². The summed E-state index contributed by atoms with van der Waals surface area (Å²) in [6.07, 6.45) is 6.75. The number of benzene rings is 1. The number of ether oxygens (including phenoxy) is 1. The fraction of sp³-hybridized carbons (Fsp3) is 0.167. The normalized spacial score (nSPS) is 11.7. The van der Waals surface area contributed by atoms with E-state index in [2.05, 4.69) is 35.5 Å². The molecule has 0 atom stereocenters. The highest BCUT2D eigenvalue weighted by atomic mass is 19.1. The first-order valence-corrected chi connectivity index (χ1v) is 12.6. The van der Waals surface area contributed by atoms with Gasteiger partial charge in [-0.15, -0.1) is 0 Å². The minimum atomic E-state index is -0.531. The number of anilines is 1. The van der Waals surface area contributed by atoms with Gasteiger partial charge in [0.2, 0.25) is 5.91 Å². The molecule has 0 saturated heterocycles. The van der Waals surface area contributed by atoms with Crippen molar-refractivity contribution in [1.82, 2.24) is 30.1 Å². The van der Waals surface area contributed by atoms with Crippen molar-refractivity contribution >= 4 is 33.7 Å². The molecule has 10 heteroatoms. The number of H-pyrrole nitrogens is 2. The quantitative estimate of drug-likeness (QED) is 0.236. The van der Waals surface area contributed by atoms with Gasteiger partial charge in [0.1, 0.15) is 22.9 Å². The van der Waals surface area contributed by atoms with E-state index in [1.54, 1.807) is 30.9 Å². The summed E-state index contributed by atoms with van der Waals surface area (Å²) in [4.78, 5) is 29.2. The van der Waals surface area contributed by atoms with Crippen molar-refractivity contribution in [3.05, 3.63) is 73.1 Å². The maximum Gasteiger partial charge on any atom is 0.229 e. The van der Waals surface area contributed by atoms with Gasteiger partial charge in [0.25, 0.3) is 0 Å². The number of carbonyl (C=O) groups excluding carboxylic acids is 1. The molecule has 0 unspecified atom stereocenters. The van der Waals surface area contributed by atoms with Crippen LogP contribution in [-0.4, -0.2) is 43.2 Å². The topological polar surface area (TPSA) is 121 Å². The molecule has 0 aliphatic carbocycles. The number of hydrogen-bond donors (Lipinski definition) is 3. The van der Waals surface area contributed by atoms with Gasteiger partial charge in [-0.2, -0.15) is 5.10 Å². The van der Waals surface area contributed by atoms with Crippen molar-refractivity contribution < 1.29 is 13.9 Å². The fourth-order valence-corrected chi connectivity index (χ4v) is 4.49. The maximum atomic E-state index is 14.3. The minimum Gasteiger partial charge on any atom is -0.497 e. The third-order valence-electron chi connectivity index (χ3n) is 6.63. The number of amides is 1. The number of pyridine rings is 3. The zero-order valence-corrected chi connectivity index (χ0v) is 22.3. The highest BCUT2D eigenvalue weighted by molar-refractivity contribution is 6.00. The Morgan fingerprint density at radius 2 is 1.75 bits per heavy atom. The average Bonchev–Trinajstić information content (AvgIpc) is 3.56. The van der Waals surface area contributed by atoms with Gasteiger partial charge in [0, 0.05) is 52.0 Å². The van der Waals surface area contributed by atoms with Crippen LogP contribution in [0.4, 0.5) is 10.1 Å². The zero-order chi connectivity index (χ0) is 28.0. The number of nitrogens with zero attached hydrogens (tertiary/aromatic N) is 4. The van der Waals surface area contributed by atoms with Crippen molar-refractivity contribution in [3.8, 4) is 39.4 Å². The predicted octanol–water partition coefficient (Wildman–Crippen LogP) is 6.36. The number of fused-ring (bicyclic) bond motifs is 2. The van der Waals surface area contributed by atoms with Gasteiger partial charge in [0.15, 0.2) is 5.65 Å². The molecule has 6 aromatic rings. The highest BCUT2D eigenvalue weighted by Crippen LogP contribution is 2.35. The van der Waals surface area contributed by atoms with Crippen molar-refractivity contribution in [3.63, 3.8) is 0 Å². The zero-order valence-electron chi connectivity index (χ0n) is 22.3. The Balaban J connectivity index is 1.40. The Labute approximate surface area is 228 Å². The molecule has 0 bridgehead atoms. The molecule has 0 aliphatic heterocycles. The average molecular weight is 536 g/mol. The Bertz CT molecular complexity index is 1900. The van der Waals surface area contributed by atoms with Crippen LogP contribution in [0.5, 0.6) is 5.75 Å². The predicted molar refractivity (Wildman–Crippen MR) is 152 cm³/mol. The maximum absolute atomic E-state index is 14.3. The van der Waals surface area contributed by atoms with E-state index >= 15 is 0 Å². The summed E-state index contributed by atoms with van der Waals surface area (Å²) in [6, 6.07) is 12.2. The molecular formula is C30H26FN7O2. The number of aromatic amines is 2. The van der Waals surface area contributed by atoms with Gasteiger partial charge in [-0.3, -0.25) is 14.9 Å². The molecule has 9 nitrogen and oxygen atoms in total. The lowest BCUT2D eigenvalue weighted by atomic mass is 9.95.